The van der Waals surface area contributed by atoms with E-state index in [2.05, 4.69) is 10.3 Å². The summed E-state index contributed by atoms with van der Waals surface area (Å²) in [5, 5.41) is 3.08. The van der Waals surface area contributed by atoms with Crippen LogP contribution in [0, 0.1) is 0 Å². The molecule has 0 bridgehead atoms. The minimum absolute atomic E-state index is 0.409. The maximum absolute atomic E-state index is 5.71. The van der Waals surface area contributed by atoms with E-state index in [4.69, 9.17) is 11.5 Å². The van der Waals surface area contributed by atoms with Crippen LogP contribution in [-0.2, 0) is 0 Å². The van der Waals surface area contributed by atoms with Gasteiger partial charge in [0, 0.05) is 5.57 Å². The summed E-state index contributed by atoms with van der Waals surface area (Å²) in [6.45, 7) is 3.78. The van der Waals surface area contributed by atoms with Crippen molar-refractivity contribution >= 4 is 17.6 Å². The van der Waals surface area contributed by atoms with Crippen LogP contribution in [0.15, 0.2) is 16.4 Å². The van der Waals surface area contributed by atoms with E-state index in [1.165, 1.54) is 0 Å². The number of nitrogens with one attached hydrogen (secondary N) is 1. The second kappa shape index (κ2) is 2.90. The van der Waals surface area contributed by atoms with E-state index in [1.54, 1.807) is 11.8 Å². The van der Waals surface area contributed by atoms with Crippen molar-refractivity contribution < 1.29 is 0 Å². The molecule has 1 aliphatic heterocycles. The van der Waals surface area contributed by atoms with Gasteiger partial charge in [-0.05, 0) is 20.1 Å². The van der Waals surface area contributed by atoms with Gasteiger partial charge in [-0.25, -0.2) is 4.99 Å². The van der Waals surface area contributed by atoms with Crippen molar-refractivity contribution in [3.05, 3.63) is 11.4 Å². The average molecular weight is 186 g/mol. The third-order valence-electron chi connectivity index (χ3n) is 1.89. The van der Waals surface area contributed by atoms with Crippen LogP contribution in [0.4, 0.5) is 0 Å². The SMILES string of the molecule is CSC1(C)N=C(N)C(C)=C(N)N1. The van der Waals surface area contributed by atoms with E-state index >= 15 is 0 Å². The van der Waals surface area contributed by atoms with Crippen molar-refractivity contribution in [2.24, 2.45) is 16.5 Å². The first-order chi connectivity index (χ1) is 5.48. The molecule has 0 aromatic carbocycles. The van der Waals surface area contributed by atoms with Crippen molar-refractivity contribution in [3.8, 4) is 0 Å². The highest BCUT2D eigenvalue weighted by atomic mass is 32.2. The summed E-state index contributed by atoms with van der Waals surface area (Å²) in [7, 11) is 0. The number of aliphatic imine (C=N–C) groups is 1. The van der Waals surface area contributed by atoms with E-state index in [-0.39, 0.29) is 0 Å². The average Bonchev–Trinajstić information content (AvgIpc) is 2.00. The second-order valence-corrected chi connectivity index (χ2v) is 4.05. The van der Waals surface area contributed by atoms with E-state index < -0.39 is 4.99 Å². The van der Waals surface area contributed by atoms with Crippen molar-refractivity contribution in [1.29, 1.82) is 0 Å². The summed E-state index contributed by atoms with van der Waals surface area (Å²) in [6.07, 6.45) is 1.96. The van der Waals surface area contributed by atoms with Gasteiger partial charge < -0.3 is 16.8 Å². The first kappa shape index (κ1) is 9.25. The van der Waals surface area contributed by atoms with Crippen LogP contribution in [-0.4, -0.2) is 17.1 Å². The van der Waals surface area contributed by atoms with Gasteiger partial charge in [0.25, 0.3) is 0 Å². The van der Waals surface area contributed by atoms with Gasteiger partial charge in [-0.1, -0.05) is 0 Å². The number of nitrogens with zero attached hydrogens (tertiary/aromatic N) is 1. The number of amidine groups is 1. The van der Waals surface area contributed by atoms with Crippen LogP contribution in [0.5, 0.6) is 0 Å². The molecule has 0 saturated carbocycles. The Morgan fingerprint density at radius 2 is 2.08 bits per heavy atom. The molecule has 5 N–H and O–H groups in total. The van der Waals surface area contributed by atoms with E-state index in [1.807, 2.05) is 20.1 Å². The Labute approximate surface area is 76.5 Å². The summed E-state index contributed by atoms with van der Waals surface area (Å²) >= 11 is 1.56. The van der Waals surface area contributed by atoms with Crippen molar-refractivity contribution in [1.82, 2.24) is 5.32 Å². The monoisotopic (exact) mass is 186 g/mol. The van der Waals surface area contributed by atoms with Gasteiger partial charge in [0.2, 0.25) is 0 Å². The summed E-state index contributed by atoms with van der Waals surface area (Å²) in [6, 6.07) is 0. The first-order valence-electron chi connectivity index (χ1n) is 3.64. The molecule has 0 aromatic rings. The summed E-state index contributed by atoms with van der Waals surface area (Å²) in [4.78, 5) is 3.86. The summed E-state index contributed by atoms with van der Waals surface area (Å²) in [5.74, 6) is 1.13. The van der Waals surface area contributed by atoms with Gasteiger partial charge in [0.15, 0.2) is 4.99 Å². The molecule has 0 fully saturated rings. The fraction of sp³-hybridized carbons (Fsp3) is 0.571. The number of rotatable bonds is 1. The van der Waals surface area contributed by atoms with Crippen LogP contribution in [0.3, 0.4) is 0 Å². The number of thioether (sulfide) groups is 1. The van der Waals surface area contributed by atoms with Gasteiger partial charge in [0.05, 0.1) is 0 Å². The lowest BCUT2D eigenvalue weighted by Crippen LogP contribution is -2.45. The Kier molecular flexibility index (Phi) is 2.23. The topological polar surface area (TPSA) is 76.4 Å². The van der Waals surface area contributed by atoms with Gasteiger partial charge in [0.1, 0.15) is 11.7 Å². The first-order valence-corrected chi connectivity index (χ1v) is 4.86. The van der Waals surface area contributed by atoms with Gasteiger partial charge >= 0.3 is 0 Å². The molecule has 5 heteroatoms. The molecule has 0 aromatic heterocycles. The summed E-state index contributed by atoms with van der Waals surface area (Å²) in [5.41, 5.74) is 12.2. The van der Waals surface area contributed by atoms with Crippen LogP contribution in [0.25, 0.3) is 0 Å². The summed E-state index contributed by atoms with van der Waals surface area (Å²) < 4.78 is 0. The predicted octanol–water partition coefficient (Wildman–Crippen LogP) is 0.174. The number of hydrogen-bond acceptors (Lipinski definition) is 5. The van der Waals surface area contributed by atoms with Crippen molar-refractivity contribution in [2.45, 2.75) is 18.8 Å². The van der Waals surface area contributed by atoms with Crippen molar-refractivity contribution in [2.75, 3.05) is 6.26 Å². The van der Waals surface area contributed by atoms with E-state index in [9.17, 15) is 0 Å². The highest BCUT2D eigenvalue weighted by Crippen LogP contribution is 2.25. The van der Waals surface area contributed by atoms with Crippen LogP contribution in [0.2, 0.25) is 0 Å². The number of hydrogen-bond donors (Lipinski definition) is 3. The molecule has 1 atom stereocenters. The van der Waals surface area contributed by atoms with E-state index in [0.29, 0.717) is 11.7 Å². The Balaban J connectivity index is 2.99. The lowest BCUT2D eigenvalue weighted by atomic mass is 10.2. The molecule has 12 heavy (non-hydrogen) atoms. The minimum atomic E-state index is -0.409. The predicted molar refractivity (Wildman–Crippen MR) is 53.6 cm³/mol. The quantitative estimate of drug-likeness (QED) is 0.546. The smallest absolute Gasteiger partial charge is 0.177 e. The van der Waals surface area contributed by atoms with Gasteiger partial charge in [-0.3, -0.25) is 0 Å². The molecule has 1 aliphatic rings. The van der Waals surface area contributed by atoms with Crippen LogP contribution >= 0.6 is 11.8 Å². The lowest BCUT2D eigenvalue weighted by molar-refractivity contribution is 0.569. The molecule has 0 amide bonds. The fourth-order valence-corrected chi connectivity index (χ4v) is 1.32. The van der Waals surface area contributed by atoms with Gasteiger partial charge in [-0.2, -0.15) is 0 Å². The minimum Gasteiger partial charge on any atom is -0.385 e. The second-order valence-electron chi connectivity index (χ2n) is 2.85. The van der Waals surface area contributed by atoms with Crippen LogP contribution < -0.4 is 16.8 Å². The number of nitrogens with two attached hydrogens (primary N) is 2. The molecular weight excluding hydrogens is 172 g/mol. The molecule has 68 valence electrons. The Hall–Kier alpha value is -0.840. The Morgan fingerprint density at radius 3 is 2.50 bits per heavy atom. The highest BCUT2D eigenvalue weighted by Gasteiger charge is 2.27. The molecule has 1 unspecified atom stereocenters. The van der Waals surface area contributed by atoms with Crippen molar-refractivity contribution in [3.63, 3.8) is 0 Å². The maximum atomic E-state index is 5.71. The molecule has 1 heterocycles. The van der Waals surface area contributed by atoms with Crippen LogP contribution in [0.1, 0.15) is 13.8 Å². The fourth-order valence-electron chi connectivity index (χ4n) is 0.920. The third kappa shape index (κ3) is 1.50. The molecule has 0 spiro atoms. The van der Waals surface area contributed by atoms with E-state index in [0.717, 1.165) is 5.57 Å². The molecule has 0 radical (unpaired) electrons. The van der Waals surface area contributed by atoms with Gasteiger partial charge in [-0.15, -0.1) is 11.8 Å². The largest absolute Gasteiger partial charge is 0.385 e. The molecular formula is C7H14N4S. The normalized spacial score (nSPS) is 29.8. The molecule has 0 saturated heterocycles. The molecule has 0 aliphatic carbocycles. The lowest BCUT2D eigenvalue weighted by Gasteiger charge is -2.30. The zero-order chi connectivity index (χ0) is 9.35. The third-order valence-corrected chi connectivity index (χ3v) is 2.87. The standard InChI is InChI=1S/C7H14N4S/c1-4-5(8)10-7(2,12-3)11-6(4)9/h10H,8H2,1-3H3,(H2,9,11). The Morgan fingerprint density at radius 1 is 1.50 bits per heavy atom. The molecule has 4 nitrogen and oxygen atoms in total. The Bertz CT molecular complexity index is 258. The highest BCUT2D eigenvalue weighted by molar-refractivity contribution is 7.99. The maximum Gasteiger partial charge on any atom is 0.177 e. The zero-order valence-corrected chi connectivity index (χ0v) is 8.33. The zero-order valence-electron chi connectivity index (χ0n) is 7.51. The molecule has 1 rings (SSSR count).